The monoisotopic (exact) mass is 329 g/mol. The summed E-state index contributed by atoms with van der Waals surface area (Å²) < 4.78 is 0. The maximum Gasteiger partial charge on any atom is 0.306 e. The number of carbonyl (C=O) groups is 2. The normalized spacial score (nSPS) is 22.9. The average molecular weight is 330 g/mol. The predicted molar refractivity (Wildman–Crippen MR) is 87.4 cm³/mol. The lowest BCUT2D eigenvalue weighted by Crippen LogP contribution is -2.56. The van der Waals surface area contributed by atoms with Gasteiger partial charge in [-0.15, -0.1) is 0 Å². The van der Waals surface area contributed by atoms with E-state index >= 15 is 0 Å². The van der Waals surface area contributed by atoms with Gasteiger partial charge in [0, 0.05) is 10.6 Å². The molecule has 23 heavy (non-hydrogen) atoms. The van der Waals surface area contributed by atoms with Gasteiger partial charge in [-0.05, 0) is 42.7 Å². The zero-order valence-electron chi connectivity index (χ0n) is 12.3. The second kappa shape index (κ2) is 6.05. The molecule has 1 saturated carbocycles. The Kier molecular flexibility index (Phi) is 4.09. The molecule has 5 heteroatoms. The van der Waals surface area contributed by atoms with Crippen LogP contribution in [0.4, 0.5) is 0 Å². The van der Waals surface area contributed by atoms with Gasteiger partial charge in [-0.2, -0.15) is 0 Å². The minimum Gasteiger partial charge on any atom is -0.481 e. The molecule has 0 heterocycles. The van der Waals surface area contributed by atoms with Gasteiger partial charge in [-0.25, -0.2) is 0 Å². The summed E-state index contributed by atoms with van der Waals surface area (Å²) in [5, 5.41) is 12.8. The van der Waals surface area contributed by atoms with E-state index in [1.54, 1.807) is 36.4 Å². The Hall–Kier alpha value is -2.33. The van der Waals surface area contributed by atoms with Crippen molar-refractivity contribution in [1.29, 1.82) is 0 Å². The summed E-state index contributed by atoms with van der Waals surface area (Å²) in [7, 11) is 0. The van der Waals surface area contributed by atoms with Crippen LogP contribution in [-0.2, 0) is 10.3 Å². The zero-order valence-corrected chi connectivity index (χ0v) is 13.1. The van der Waals surface area contributed by atoms with E-state index in [-0.39, 0.29) is 5.91 Å². The van der Waals surface area contributed by atoms with Crippen molar-refractivity contribution in [3.8, 4) is 0 Å². The molecule has 0 aliphatic heterocycles. The first-order valence-corrected chi connectivity index (χ1v) is 7.74. The molecule has 0 saturated heterocycles. The minimum atomic E-state index is -0.830. The number of benzene rings is 2. The number of rotatable bonds is 4. The fourth-order valence-corrected chi connectivity index (χ4v) is 3.14. The fourth-order valence-electron chi connectivity index (χ4n) is 3.01. The van der Waals surface area contributed by atoms with Crippen LogP contribution < -0.4 is 5.32 Å². The highest BCUT2D eigenvalue weighted by molar-refractivity contribution is 6.30. The number of aliphatic carboxylic acids is 1. The van der Waals surface area contributed by atoms with Crippen LogP contribution in [0.2, 0.25) is 5.02 Å². The summed E-state index contributed by atoms with van der Waals surface area (Å²) in [6, 6.07) is 16.1. The van der Waals surface area contributed by atoms with Crippen molar-refractivity contribution >= 4 is 23.5 Å². The summed E-state index contributed by atoms with van der Waals surface area (Å²) in [6.07, 6.45) is 0.755. The number of carboxylic acids is 1. The van der Waals surface area contributed by atoms with Gasteiger partial charge >= 0.3 is 5.97 Å². The molecular weight excluding hydrogens is 314 g/mol. The highest BCUT2D eigenvalue weighted by Crippen LogP contribution is 2.46. The number of carboxylic acid groups (broad SMARTS) is 1. The second-order valence-electron chi connectivity index (χ2n) is 5.85. The van der Waals surface area contributed by atoms with E-state index in [9.17, 15) is 14.7 Å². The predicted octanol–water partition coefficient (Wildman–Crippen LogP) is 3.46. The molecule has 0 unspecified atom stereocenters. The molecule has 1 amide bonds. The molecule has 1 aliphatic carbocycles. The molecule has 1 aliphatic rings. The molecule has 0 spiro atoms. The SMILES string of the molecule is O=C(NC1(c2ccc(Cl)cc2)CC(C(=O)O)C1)c1ccccc1. The van der Waals surface area contributed by atoms with Gasteiger partial charge < -0.3 is 10.4 Å². The summed E-state index contributed by atoms with van der Waals surface area (Å²) >= 11 is 5.92. The smallest absolute Gasteiger partial charge is 0.306 e. The number of carbonyl (C=O) groups excluding carboxylic acids is 1. The first kappa shape index (κ1) is 15.6. The van der Waals surface area contributed by atoms with Gasteiger partial charge in [0.05, 0.1) is 11.5 Å². The van der Waals surface area contributed by atoms with Gasteiger partial charge in [0.15, 0.2) is 0 Å². The van der Waals surface area contributed by atoms with E-state index in [1.807, 2.05) is 18.2 Å². The molecule has 1 fully saturated rings. The summed E-state index contributed by atoms with van der Waals surface area (Å²) in [5.41, 5.74) is 0.781. The van der Waals surface area contributed by atoms with E-state index < -0.39 is 17.4 Å². The van der Waals surface area contributed by atoms with Gasteiger partial charge in [0.25, 0.3) is 5.91 Å². The van der Waals surface area contributed by atoms with E-state index in [0.29, 0.717) is 23.4 Å². The van der Waals surface area contributed by atoms with Crippen LogP contribution in [0.15, 0.2) is 54.6 Å². The lowest BCUT2D eigenvalue weighted by Gasteiger charge is -2.47. The number of halogens is 1. The summed E-state index contributed by atoms with van der Waals surface area (Å²) in [4.78, 5) is 23.7. The molecule has 0 atom stereocenters. The summed E-state index contributed by atoms with van der Waals surface area (Å²) in [6.45, 7) is 0. The highest BCUT2D eigenvalue weighted by atomic mass is 35.5. The van der Waals surface area contributed by atoms with Gasteiger partial charge in [0.1, 0.15) is 0 Å². The van der Waals surface area contributed by atoms with Gasteiger partial charge in [0.2, 0.25) is 0 Å². The van der Waals surface area contributed by atoms with E-state index in [1.165, 1.54) is 0 Å². The zero-order chi connectivity index (χ0) is 16.4. The Balaban J connectivity index is 1.86. The van der Waals surface area contributed by atoms with E-state index in [2.05, 4.69) is 5.32 Å². The van der Waals surface area contributed by atoms with E-state index in [0.717, 1.165) is 5.56 Å². The Morgan fingerprint density at radius 3 is 2.22 bits per heavy atom. The molecule has 118 valence electrons. The van der Waals surface area contributed by atoms with Gasteiger partial charge in [-0.3, -0.25) is 9.59 Å². The standard InChI is InChI=1S/C18H16ClNO3/c19-15-8-6-14(7-9-15)18(10-13(11-18)17(22)23)20-16(21)12-4-2-1-3-5-12/h1-9,13H,10-11H2,(H,20,21)(H,22,23). The maximum atomic E-state index is 12.5. The molecule has 2 aromatic carbocycles. The van der Waals surface area contributed by atoms with Crippen LogP contribution in [-0.4, -0.2) is 17.0 Å². The number of amides is 1. The Morgan fingerprint density at radius 2 is 1.65 bits per heavy atom. The van der Waals surface area contributed by atoms with Crippen molar-refractivity contribution in [1.82, 2.24) is 5.32 Å². The topological polar surface area (TPSA) is 66.4 Å². The first-order valence-electron chi connectivity index (χ1n) is 7.37. The van der Waals surface area contributed by atoms with Crippen molar-refractivity contribution in [2.75, 3.05) is 0 Å². The van der Waals surface area contributed by atoms with Crippen molar-refractivity contribution in [2.24, 2.45) is 5.92 Å². The molecule has 2 N–H and O–H groups in total. The molecule has 0 radical (unpaired) electrons. The fraction of sp³-hybridized carbons (Fsp3) is 0.222. The quantitative estimate of drug-likeness (QED) is 0.902. The third-order valence-corrected chi connectivity index (χ3v) is 4.58. The van der Waals surface area contributed by atoms with Gasteiger partial charge in [-0.1, -0.05) is 41.9 Å². The third-order valence-electron chi connectivity index (χ3n) is 4.32. The van der Waals surface area contributed by atoms with Crippen molar-refractivity contribution in [3.63, 3.8) is 0 Å². The highest BCUT2D eigenvalue weighted by Gasteiger charge is 2.49. The summed E-state index contributed by atoms with van der Waals surface area (Å²) in [5.74, 6) is -1.48. The van der Waals surface area contributed by atoms with Crippen molar-refractivity contribution < 1.29 is 14.7 Å². The third kappa shape index (κ3) is 3.08. The van der Waals surface area contributed by atoms with Crippen LogP contribution in [0.1, 0.15) is 28.8 Å². The first-order chi connectivity index (χ1) is 11.0. The molecule has 2 aromatic rings. The number of hydrogen-bond donors (Lipinski definition) is 2. The van der Waals surface area contributed by atoms with Crippen LogP contribution in [0, 0.1) is 5.92 Å². The number of hydrogen-bond acceptors (Lipinski definition) is 2. The van der Waals surface area contributed by atoms with Crippen LogP contribution in [0.25, 0.3) is 0 Å². The molecule has 4 nitrogen and oxygen atoms in total. The van der Waals surface area contributed by atoms with Crippen LogP contribution >= 0.6 is 11.6 Å². The molecule has 0 bridgehead atoms. The Morgan fingerprint density at radius 1 is 1.04 bits per heavy atom. The van der Waals surface area contributed by atoms with Crippen LogP contribution in [0.3, 0.4) is 0 Å². The minimum absolute atomic E-state index is 0.204. The van der Waals surface area contributed by atoms with Crippen molar-refractivity contribution in [2.45, 2.75) is 18.4 Å². The Bertz CT molecular complexity index is 722. The molecular formula is C18H16ClNO3. The van der Waals surface area contributed by atoms with Crippen molar-refractivity contribution in [3.05, 3.63) is 70.7 Å². The Labute approximate surface area is 139 Å². The number of nitrogens with one attached hydrogen (secondary N) is 1. The lowest BCUT2D eigenvalue weighted by atomic mass is 9.64. The largest absolute Gasteiger partial charge is 0.481 e. The van der Waals surface area contributed by atoms with E-state index in [4.69, 9.17) is 11.6 Å². The maximum absolute atomic E-state index is 12.5. The lowest BCUT2D eigenvalue weighted by molar-refractivity contribution is -0.148. The molecule has 0 aromatic heterocycles. The molecule has 3 rings (SSSR count). The second-order valence-corrected chi connectivity index (χ2v) is 6.29. The average Bonchev–Trinajstić information content (AvgIpc) is 2.51. The van der Waals surface area contributed by atoms with Crippen LogP contribution in [0.5, 0.6) is 0 Å².